The van der Waals surface area contributed by atoms with Gasteiger partial charge in [-0.2, -0.15) is 0 Å². The number of halogens is 1. The first-order chi connectivity index (χ1) is 8.11. The number of likely N-dealkylation sites (tertiary alicyclic amines) is 1. The van der Waals surface area contributed by atoms with E-state index < -0.39 is 0 Å². The van der Waals surface area contributed by atoms with Crippen molar-refractivity contribution in [2.24, 2.45) is 0 Å². The Hall–Kier alpha value is -0.710. The number of ether oxygens (including phenoxy) is 1. The predicted molar refractivity (Wildman–Crippen MR) is 70.0 cm³/mol. The van der Waals surface area contributed by atoms with Gasteiger partial charge < -0.3 is 9.64 Å². The minimum Gasteiger partial charge on any atom is -0.380 e. The van der Waals surface area contributed by atoms with E-state index in [4.69, 9.17) is 16.3 Å². The van der Waals surface area contributed by atoms with Gasteiger partial charge in [0.15, 0.2) is 0 Å². The van der Waals surface area contributed by atoms with Crippen LogP contribution in [0.5, 0.6) is 0 Å². The van der Waals surface area contributed by atoms with Crippen LogP contribution in [0, 0.1) is 0 Å². The molecule has 2 rings (SSSR count). The number of carbonyl (C=O) groups is 1. The Labute approximate surface area is 111 Å². The van der Waals surface area contributed by atoms with Crippen LogP contribution in [0.3, 0.4) is 0 Å². The molecule has 1 aliphatic heterocycles. The number of hydrogen-bond acceptors (Lipinski definition) is 3. The highest BCUT2D eigenvalue weighted by Crippen LogP contribution is 2.23. The Bertz CT molecular complexity index is 439. The van der Waals surface area contributed by atoms with Crippen LogP contribution < -0.4 is 0 Å². The summed E-state index contributed by atoms with van der Waals surface area (Å²) in [5.74, 6) is -0.0505. The first-order valence-electron chi connectivity index (χ1n) is 5.42. The number of carbonyl (C=O) groups excluding carboxylic acids is 1. The third kappa shape index (κ3) is 2.76. The first-order valence-corrected chi connectivity index (χ1v) is 6.25. The smallest absolute Gasteiger partial charge is 0.255 e. The summed E-state index contributed by atoms with van der Waals surface area (Å²) in [4.78, 5) is 14.7. The maximum atomic E-state index is 12.2. The van der Waals surface area contributed by atoms with Crippen molar-refractivity contribution in [3.63, 3.8) is 0 Å². The fourth-order valence-corrected chi connectivity index (χ4v) is 2.35. The van der Waals surface area contributed by atoms with E-state index in [9.17, 15) is 4.79 Å². The molecular weight excluding hydrogens is 258 g/mol. The standard InChI is InChI=1S/C12H14ClNO2S/c1-16-8-4-5-14(7-8)12(15)10-6-9(17)2-3-11(10)13/h2-3,6,8,17H,4-5,7H2,1H3. The Kier molecular flexibility index (Phi) is 3.97. The summed E-state index contributed by atoms with van der Waals surface area (Å²) in [6.07, 6.45) is 1.01. The maximum absolute atomic E-state index is 12.2. The summed E-state index contributed by atoms with van der Waals surface area (Å²) in [6, 6.07) is 5.17. The second kappa shape index (κ2) is 5.29. The van der Waals surface area contributed by atoms with E-state index >= 15 is 0 Å². The van der Waals surface area contributed by atoms with E-state index in [-0.39, 0.29) is 12.0 Å². The molecule has 1 fully saturated rings. The van der Waals surface area contributed by atoms with Gasteiger partial charge in [-0.05, 0) is 24.6 Å². The van der Waals surface area contributed by atoms with Crippen molar-refractivity contribution in [3.8, 4) is 0 Å². The van der Waals surface area contributed by atoms with Gasteiger partial charge in [0.05, 0.1) is 16.7 Å². The largest absolute Gasteiger partial charge is 0.380 e. The van der Waals surface area contributed by atoms with Gasteiger partial charge in [0.1, 0.15) is 0 Å². The SMILES string of the molecule is COC1CCN(C(=O)c2cc(S)ccc2Cl)C1. The molecule has 1 saturated heterocycles. The number of nitrogens with zero attached hydrogens (tertiary/aromatic N) is 1. The molecule has 0 aromatic heterocycles. The lowest BCUT2D eigenvalue weighted by Gasteiger charge is -2.17. The Morgan fingerprint density at radius 1 is 1.59 bits per heavy atom. The number of rotatable bonds is 2. The van der Waals surface area contributed by atoms with Gasteiger partial charge in [-0.3, -0.25) is 4.79 Å². The van der Waals surface area contributed by atoms with Gasteiger partial charge in [-0.1, -0.05) is 11.6 Å². The maximum Gasteiger partial charge on any atom is 0.255 e. The third-order valence-electron chi connectivity index (χ3n) is 2.95. The van der Waals surface area contributed by atoms with Crippen molar-refractivity contribution in [1.82, 2.24) is 4.90 Å². The summed E-state index contributed by atoms with van der Waals surface area (Å²) in [5.41, 5.74) is 0.510. The lowest BCUT2D eigenvalue weighted by molar-refractivity contribution is 0.0724. The zero-order chi connectivity index (χ0) is 12.4. The average Bonchev–Trinajstić information content (AvgIpc) is 2.80. The highest BCUT2D eigenvalue weighted by Gasteiger charge is 2.27. The topological polar surface area (TPSA) is 29.5 Å². The van der Waals surface area contributed by atoms with Crippen LogP contribution in [0.1, 0.15) is 16.8 Å². The quantitative estimate of drug-likeness (QED) is 0.838. The molecule has 1 aliphatic rings. The molecule has 1 aromatic rings. The average molecular weight is 272 g/mol. The predicted octanol–water partition coefficient (Wildman–Crippen LogP) is 2.49. The number of hydrogen-bond donors (Lipinski definition) is 1. The molecule has 0 N–H and O–H groups in total. The molecule has 0 radical (unpaired) electrons. The van der Waals surface area contributed by atoms with Crippen LogP contribution in [-0.2, 0) is 4.74 Å². The molecule has 1 amide bonds. The second-order valence-electron chi connectivity index (χ2n) is 4.06. The third-order valence-corrected chi connectivity index (χ3v) is 3.55. The molecule has 1 heterocycles. The van der Waals surface area contributed by atoms with Crippen molar-refractivity contribution < 1.29 is 9.53 Å². The highest BCUT2D eigenvalue weighted by molar-refractivity contribution is 7.80. The number of benzene rings is 1. The molecular formula is C12H14ClNO2S. The molecule has 0 aliphatic carbocycles. The summed E-state index contributed by atoms with van der Waals surface area (Å²) in [5, 5.41) is 0.466. The Morgan fingerprint density at radius 2 is 2.35 bits per heavy atom. The van der Waals surface area contributed by atoms with E-state index in [1.165, 1.54) is 0 Å². The fourth-order valence-electron chi connectivity index (χ4n) is 1.95. The summed E-state index contributed by atoms with van der Waals surface area (Å²) in [6.45, 7) is 1.34. The van der Waals surface area contributed by atoms with Gasteiger partial charge >= 0.3 is 0 Å². The van der Waals surface area contributed by atoms with Gasteiger partial charge in [0.2, 0.25) is 0 Å². The van der Waals surface area contributed by atoms with Gasteiger partial charge in [0.25, 0.3) is 5.91 Å². The van der Waals surface area contributed by atoms with Crippen LogP contribution in [0.25, 0.3) is 0 Å². The Balaban J connectivity index is 2.17. The minimum absolute atomic E-state index is 0.0505. The molecule has 1 atom stereocenters. The van der Waals surface area contributed by atoms with Crippen molar-refractivity contribution in [1.29, 1.82) is 0 Å². The molecule has 17 heavy (non-hydrogen) atoms. The molecule has 0 bridgehead atoms. The van der Waals surface area contributed by atoms with E-state index in [0.29, 0.717) is 23.7 Å². The van der Waals surface area contributed by atoms with Crippen molar-refractivity contribution in [2.75, 3.05) is 20.2 Å². The van der Waals surface area contributed by atoms with Crippen LogP contribution in [0.15, 0.2) is 23.1 Å². The van der Waals surface area contributed by atoms with Crippen LogP contribution in [0.4, 0.5) is 0 Å². The zero-order valence-corrected chi connectivity index (χ0v) is 11.2. The summed E-state index contributed by atoms with van der Waals surface area (Å²) >= 11 is 10.2. The Morgan fingerprint density at radius 3 is 3.00 bits per heavy atom. The van der Waals surface area contributed by atoms with Crippen molar-refractivity contribution in [3.05, 3.63) is 28.8 Å². The molecule has 92 valence electrons. The highest BCUT2D eigenvalue weighted by atomic mass is 35.5. The van der Waals surface area contributed by atoms with Gasteiger partial charge in [-0.25, -0.2) is 0 Å². The van der Waals surface area contributed by atoms with Crippen LogP contribution >= 0.6 is 24.2 Å². The van der Waals surface area contributed by atoms with Gasteiger partial charge in [-0.15, -0.1) is 12.6 Å². The second-order valence-corrected chi connectivity index (χ2v) is 4.99. The molecule has 0 saturated carbocycles. The zero-order valence-electron chi connectivity index (χ0n) is 9.52. The fraction of sp³-hybridized carbons (Fsp3) is 0.417. The monoisotopic (exact) mass is 271 g/mol. The van der Waals surface area contributed by atoms with E-state index in [0.717, 1.165) is 11.3 Å². The molecule has 0 spiro atoms. The molecule has 1 aromatic carbocycles. The van der Waals surface area contributed by atoms with Crippen molar-refractivity contribution in [2.45, 2.75) is 17.4 Å². The van der Waals surface area contributed by atoms with Crippen LogP contribution in [-0.4, -0.2) is 37.1 Å². The number of thiol groups is 1. The summed E-state index contributed by atoms with van der Waals surface area (Å²) < 4.78 is 5.24. The summed E-state index contributed by atoms with van der Waals surface area (Å²) in [7, 11) is 1.67. The minimum atomic E-state index is -0.0505. The normalized spacial score (nSPS) is 19.7. The molecule has 5 heteroatoms. The molecule has 3 nitrogen and oxygen atoms in total. The van der Waals surface area contributed by atoms with E-state index in [1.54, 1.807) is 30.2 Å². The van der Waals surface area contributed by atoms with E-state index in [2.05, 4.69) is 12.6 Å². The van der Waals surface area contributed by atoms with Crippen molar-refractivity contribution >= 4 is 30.1 Å². The van der Waals surface area contributed by atoms with Gasteiger partial charge in [0, 0.05) is 25.1 Å². The first kappa shape index (κ1) is 12.7. The van der Waals surface area contributed by atoms with Crippen LogP contribution in [0.2, 0.25) is 5.02 Å². The van der Waals surface area contributed by atoms with E-state index in [1.807, 2.05) is 0 Å². The molecule has 1 unspecified atom stereocenters. The number of methoxy groups -OCH3 is 1. The lowest BCUT2D eigenvalue weighted by Crippen LogP contribution is -2.30. The lowest BCUT2D eigenvalue weighted by atomic mass is 10.2. The number of amides is 1.